The summed E-state index contributed by atoms with van der Waals surface area (Å²) in [5.41, 5.74) is -0.0792. The second-order valence-corrected chi connectivity index (χ2v) is 6.51. The number of morpholine rings is 1. The number of ether oxygens (including phenoxy) is 1. The second-order valence-electron chi connectivity index (χ2n) is 6.51. The fourth-order valence-corrected chi connectivity index (χ4v) is 2.25. The topological polar surface area (TPSA) is 87.7 Å². The van der Waals surface area contributed by atoms with Crippen molar-refractivity contribution in [2.24, 2.45) is 11.3 Å². The normalized spacial score (nSPS) is 21.2. The second kappa shape index (κ2) is 7.59. The molecule has 2 unspecified atom stereocenters. The molecule has 0 aromatic rings. The number of aliphatic carboxylic acids is 1. The molecule has 1 fully saturated rings. The van der Waals surface area contributed by atoms with Gasteiger partial charge in [0.25, 0.3) is 0 Å². The van der Waals surface area contributed by atoms with E-state index in [1.807, 2.05) is 20.8 Å². The lowest BCUT2D eigenvalue weighted by molar-refractivity contribution is -0.142. The van der Waals surface area contributed by atoms with Gasteiger partial charge < -0.3 is 20.5 Å². The van der Waals surface area contributed by atoms with Gasteiger partial charge in [-0.25, -0.2) is 0 Å². The highest BCUT2D eigenvalue weighted by atomic mass is 16.5. The van der Waals surface area contributed by atoms with Crippen molar-refractivity contribution in [1.29, 1.82) is 0 Å². The molecule has 0 saturated carbocycles. The van der Waals surface area contributed by atoms with Crippen LogP contribution in [0.5, 0.6) is 0 Å². The Kier molecular flexibility index (Phi) is 6.42. The Morgan fingerprint density at radius 3 is 2.65 bits per heavy atom. The summed E-state index contributed by atoms with van der Waals surface area (Å²) in [6.07, 6.45) is 0.688. The van der Waals surface area contributed by atoms with Gasteiger partial charge in [0.1, 0.15) is 0 Å². The molecule has 0 aromatic heterocycles. The van der Waals surface area contributed by atoms with Gasteiger partial charge in [-0.15, -0.1) is 0 Å². The molecule has 1 aliphatic heterocycles. The summed E-state index contributed by atoms with van der Waals surface area (Å²) in [5, 5.41) is 15.0. The van der Waals surface area contributed by atoms with Crippen molar-refractivity contribution >= 4 is 11.9 Å². The first kappa shape index (κ1) is 16.9. The van der Waals surface area contributed by atoms with Crippen LogP contribution in [0.4, 0.5) is 0 Å². The van der Waals surface area contributed by atoms with Crippen LogP contribution in [0.3, 0.4) is 0 Å². The molecule has 1 heterocycles. The average Bonchev–Trinajstić information content (AvgIpc) is 2.34. The first-order valence-corrected chi connectivity index (χ1v) is 7.10. The molecule has 0 spiro atoms. The minimum atomic E-state index is -0.865. The third-order valence-electron chi connectivity index (χ3n) is 3.17. The van der Waals surface area contributed by atoms with E-state index >= 15 is 0 Å². The highest BCUT2D eigenvalue weighted by Crippen LogP contribution is 2.24. The lowest BCUT2D eigenvalue weighted by Gasteiger charge is -2.25. The number of carboxylic acids is 1. The minimum Gasteiger partial charge on any atom is -0.481 e. The molecule has 0 aromatic carbocycles. The summed E-state index contributed by atoms with van der Waals surface area (Å²) < 4.78 is 5.44. The Bertz CT molecular complexity index is 333. The number of carbonyl (C=O) groups excluding carboxylic acids is 1. The van der Waals surface area contributed by atoms with Crippen LogP contribution < -0.4 is 10.6 Å². The van der Waals surface area contributed by atoms with Crippen molar-refractivity contribution in [1.82, 2.24) is 10.6 Å². The predicted molar refractivity (Wildman–Crippen MR) is 75.4 cm³/mol. The SMILES string of the molecule is CC(C)(C)CC(CNC(=O)CC1CNCCO1)C(=O)O. The number of hydrogen-bond acceptors (Lipinski definition) is 4. The van der Waals surface area contributed by atoms with Gasteiger partial charge in [-0.2, -0.15) is 0 Å². The Balaban J connectivity index is 2.34. The number of rotatable bonds is 6. The number of amides is 1. The molecule has 20 heavy (non-hydrogen) atoms. The first-order chi connectivity index (χ1) is 9.28. The Morgan fingerprint density at radius 1 is 1.45 bits per heavy atom. The molecular formula is C14H26N2O4. The highest BCUT2D eigenvalue weighted by molar-refractivity contribution is 5.77. The summed E-state index contributed by atoms with van der Waals surface area (Å²) in [4.78, 5) is 23.0. The van der Waals surface area contributed by atoms with Gasteiger partial charge >= 0.3 is 5.97 Å². The fraction of sp³-hybridized carbons (Fsp3) is 0.857. The van der Waals surface area contributed by atoms with Crippen LogP contribution >= 0.6 is 0 Å². The molecular weight excluding hydrogens is 260 g/mol. The van der Waals surface area contributed by atoms with E-state index < -0.39 is 11.9 Å². The molecule has 116 valence electrons. The Hall–Kier alpha value is -1.14. The molecule has 1 aliphatic rings. The smallest absolute Gasteiger partial charge is 0.308 e. The molecule has 6 heteroatoms. The zero-order valence-corrected chi connectivity index (χ0v) is 12.6. The van der Waals surface area contributed by atoms with Crippen molar-refractivity contribution in [2.45, 2.75) is 39.7 Å². The van der Waals surface area contributed by atoms with E-state index in [1.165, 1.54) is 0 Å². The van der Waals surface area contributed by atoms with E-state index in [2.05, 4.69) is 10.6 Å². The lowest BCUT2D eigenvalue weighted by atomic mass is 9.84. The maximum atomic E-state index is 11.8. The Labute approximate surface area is 120 Å². The first-order valence-electron chi connectivity index (χ1n) is 7.10. The maximum absolute atomic E-state index is 11.8. The third-order valence-corrected chi connectivity index (χ3v) is 3.17. The number of hydrogen-bond donors (Lipinski definition) is 3. The van der Waals surface area contributed by atoms with Crippen LogP contribution in [0.25, 0.3) is 0 Å². The van der Waals surface area contributed by atoms with E-state index in [1.54, 1.807) is 0 Å². The third kappa shape index (κ3) is 6.86. The summed E-state index contributed by atoms with van der Waals surface area (Å²) in [6, 6.07) is 0. The van der Waals surface area contributed by atoms with E-state index in [9.17, 15) is 14.7 Å². The van der Waals surface area contributed by atoms with E-state index in [-0.39, 0.29) is 30.4 Å². The molecule has 0 radical (unpaired) electrons. The van der Waals surface area contributed by atoms with Crippen LogP contribution in [-0.2, 0) is 14.3 Å². The number of carboxylic acid groups (broad SMARTS) is 1. The predicted octanol–water partition coefficient (Wildman–Crippen LogP) is 0.618. The van der Waals surface area contributed by atoms with Gasteiger partial charge in [-0.3, -0.25) is 9.59 Å². The highest BCUT2D eigenvalue weighted by Gasteiger charge is 2.25. The van der Waals surface area contributed by atoms with Crippen molar-refractivity contribution in [3.05, 3.63) is 0 Å². The standard InChI is InChI=1S/C14H26N2O4/c1-14(2,3)7-10(13(18)19)8-16-12(17)6-11-9-15-4-5-20-11/h10-11,15H,4-9H2,1-3H3,(H,16,17)(H,18,19). The van der Waals surface area contributed by atoms with E-state index in [0.717, 1.165) is 6.54 Å². The van der Waals surface area contributed by atoms with E-state index in [0.29, 0.717) is 19.6 Å². The summed E-state index contributed by atoms with van der Waals surface area (Å²) in [6.45, 7) is 8.23. The fourth-order valence-electron chi connectivity index (χ4n) is 2.25. The van der Waals surface area contributed by atoms with Crippen molar-refractivity contribution in [3.63, 3.8) is 0 Å². The van der Waals surface area contributed by atoms with E-state index in [4.69, 9.17) is 4.74 Å². The molecule has 0 bridgehead atoms. The van der Waals surface area contributed by atoms with Crippen molar-refractivity contribution < 1.29 is 19.4 Å². The van der Waals surface area contributed by atoms with Crippen LogP contribution in [0.1, 0.15) is 33.6 Å². The molecule has 1 rings (SSSR count). The Morgan fingerprint density at radius 2 is 2.15 bits per heavy atom. The van der Waals surface area contributed by atoms with Gasteiger partial charge in [0.15, 0.2) is 0 Å². The van der Waals surface area contributed by atoms with Gasteiger partial charge in [-0.1, -0.05) is 20.8 Å². The summed E-state index contributed by atoms with van der Waals surface area (Å²) in [7, 11) is 0. The van der Waals surface area contributed by atoms with Crippen LogP contribution in [0.15, 0.2) is 0 Å². The molecule has 3 N–H and O–H groups in total. The molecule has 0 aliphatic carbocycles. The van der Waals surface area contributed by atoms with Crippen LogP contribution in [0, 0.1) is 11.3 Å². The quantitative estimate of drug-likeness (QED) is 0.666. The van der Waals surface area contributed by atoms with Gasteiger partial charge in [0, 0.05) is 19.6 Å². The average molecular weight is 286 g/mol. The monoisotopic (exact) mass is 286 g/mol. The molecule has 2 atom stereocenters. The van der Waals surface area contributed by atoms with Crippen molar-refractivity contribution in [3.8, 4) is 0 Å². The number of carbonyl (C=O) groups is 2. The minimum absolute atomic E-state index is 0.0792. The lowest BCUT2D eigenvalue weighted by Crippen LogP contribution is -2.42. The van der Waals surface area contributed by atoms with Gasteiger partial charge in [0.05, 0.1) is 25.0 Å². The van der Waals surface area contributed by atoms with Crippen LogP contribution in [0.2, 0.25) is 0 Å². The molecule has 1 amide bonds. The largest absolute Gasteiger partial charge is 0.481 e. The molecule has 6 nitrogen and oxygen atoms in total. The van der Waals surface area contributed by atoms with Crippen molar-refractivity contribution in [2.75, 3.05) is 26.2 Å². The summed E-state index contributed by atoms with van der Waals surface area (Å²) >= 11 is 0. The van der Waals surface area contributed by atoms with Gasteiger partial charge in [0.2, 0.25) is 5.91 Å². The number of nitrogens with one attached hydrogen (secondary N) is 2. The van der Waals surface area contributed by atoms with Gasteiger partial charge in [-0.05, 0) is 11.8 Å². The van der Waals surface area contributed by atoms with Crippen LogP contribution in [-0.4, -0.2) is 49.3 Å². The zero-order chi connectivity index (χ0) is 15.2. The maximum Gasteiger partial charge on any atom is 0.308 e. The zero-order valence-electron chi connectivity index (χ0n) is 12.6. The molecule has 1 saturated heterocycles. The summed E-state index contributed by atoms with van der Waals surface area (Å²) in [5.74, 6) is -1.57.